The predicted octanol–water partition coefficient (Wildman–Crippen LogP) is 4.87. The molecule has 2 fully saturated rings. The number of hydrogen-bond acceptors (Lipinski definition) is 4. The molecular weight excluding hydrogens is 410 g/mol. The summed E-state index contributed by atoms with van der Waals surface area (Å²) in [6.45, 7) is 3.87. The summed E-state index contributed by atoms with van der Waals surface area (Å²) in [5.74, 6) is 2.00. The first-order valence-corrected chi connectivity index (χ1v) is 12.5. The number of ether oxygens (including phenoxy) is 1. The fraction of sp³-hybridized carbons (Fsp3) is 0.500. The molecule has 0 spiro atoms. The van der Waals surface area contributed by atoms with E-state index in [-0.39, 0.29) is 11.4 Å². The highest BCUT2D eigenvalue weighted by Gasteiger charge is 2.53. The van der Waals surface area contributed by atoms with Gasteiger partial charge in [0.05, 0.1) is 23.8 Å². The molecule has 2 aromatic rings. The molecule has 0 radical (unpaired) electrons. The number of amides is 1. The van der Waals surface area contributed by atoms with Crippen LogP contribution < -0.4 is 10.1 Å². The number of carbonyl (C=O) groups excluding carboxylic acids is 1. The van der Waals surface area contributed by atoms with Crippen LogP contribution in [0.1, 0.15) is 66.4 Å². The van der Waals surface area contributed by atoms with E-state index in [2.05, 4.69) is 28.4 Å². The van der Waals surface area contributed by atoms with Crippen LogP contribution in [0.5, 0.6) is 5.75 Å². The van der Waals surface area contributed by atoms with E-state index in [9.17, 15) is 4.79 Å². The lowest BCUT2D eigenvalue weighted by Crippen LogP contribution is -2.54. The lowest BCUT2D eigenvalue weighted by atomic mass is 9.66. The van der Waals surface area contributed by atoms with Crippen LogP contribution in [0, 0.1) is 23.2 Å². The Hall–Kier alpha value is -2.84. The maximum atomic E-state index is 12.9. The summed E-state index contributed by atoms with van der Waals surface area (Å²) < 4.78 is 5.85. The van der Waals surface area contributed by atoms with Gasteiger partial charge < -0.3 is 15.0 Å². The molecule has 1 aliphatic carbocycles. The van der Waals surface area contributed by atoms with Crippen molar-refractivity contribution in [3.8, 4) is 11.8 Å². The first kappa shape index (κ1) is 22.0. The molecule has 0 bridgehead atoms. The second kappa shape index (κ2) is 9.57. The maximum absolute atomic E-state index is 12.9. The van der Waals surface area contributed by atoms with E-state index in [4.69, 9.17) is 10.00 Å². The molecule has 1 N–H and O–H groups in total. The Morgan fingerprint density at radius 1 is 1.00 bits per heavy atom. The number of nitrogens with zero attached hydrogens (tertiary/aromatic N) is 2. The van der Waals surface area contributed by atoms with Gasteiger partial charge in [-0.25, -0.2) is 0 Å². The zero-order valence-electron chi connectivity index (χ0n) is 19.3. The SMILES string of the molecule is N#Cc1ccc(OCCCN2CCC(C3(C4CCCC4)NC(=O)c4ccccc43)CC2)cc1. The summed E-state index contributed by atoms with van der Waals surface area (Å²) in [6.07, 6.45) is 8.25. The van der Waals surface area contributed by atoms with Gasteiger partial charge in [0.25, 0.3) is 5.91 Å². The van der Waals surface area contributed by atoms with Crippen molar-refractivity contribution in [3.05, 3.63) is 65.2 Å². The Labute approximate surface area is 196 Å². The summed E-state index contributed by atoms with van der Waals surface area (Å²) in [5, 5.41) is 12.4. The van der Waals surface area contributed by atoms with Gasteiger partial charge in [-0.15, -0.1) is 0 Å². The van der Waals surface area contributed by atoms with Crippen molar-refractivity contribution in [1.82, 2.24) is 10.2 Å². The second-order valence-electron chi connectivity index (χ2n) is 9.80. The first-order valence-electron chi connectivity index (χ1n) is 12.5. The molecule has 5 nitrogen and oxygen atoms in total. The van der Waals surface area contributed by atoms with Crippen LogP contribution in [0.15, 0.2) is 48.5 Å². The van der Waals surface area contributed by atoms with Gasteiger partial charge in [0, 0.05) is 12.1 Å². The van der Waals surface area contributed by atoms with Gasteiger partial charge in [-0.1, -0.05) is 31.0 Å². The number of likely N-dealkylation sites (tertiary alicyclic amines) is 1. The Morgan fingerprint density at radius 3 is 2.42 bits per heavy atom. The normalized spacial score (nSPS) is 23.8. The molecule has 172 valence electrons. The van der Waals surface area contributed by atoms with Crippen molar-refractivity contribution < 1.29 is 9.53 Å². The number of rotatable bonds is 7. The average molecular weight is 444 g/mol. The molecule has 0 aromatic heterocycles. The van der Waals surface area contributed by atoms with Gasteiger partial charge in [-0.2, -0.15) is 5.26 Å². The largest absolute Gasteiger partial charge is 0.494 e. The number of nitriles is 1. The molecule has 5 heteroatoms. The number of benzene rings is 2. The molecule has 1 unspecified atom stereocenters. The van der Waals surface area contributed by atoms with Crippen molar-refractivity contribution in [2.45, 2.75) is 50.5 Å². The van der Waals surface area contributed by atoms with Crippen LogP contribution in [0.25, 0.3) is 0 Å². The minimum Gasteiger partial charge on any atom is -0.494 e. The average Bonchev–Trinajstić information content (AvgIpc) is 3.50. The molecule has 3 aliphatic rings. The van der Waals surface area contributed by atoms with E-state index in [1.165, 1.54) is 31.2 Å². The number of hydrogen-bond donors (Lipinski definition) is 1. The molecule has 1 saturated carbocycles. The van der Waals surface area contributed by atoms with Crippen molar-refractivity contribution in [1.29, 1.82) is 5.26 Å². The monoisotopic (exact) mass is 443 g/mol. The third-order valence-corrected chi connectivity index (χ3v) is 8.04. The highest BCUT2D eigenvalue weighted by molar-refractivity contribution is 6.00. The molecule has 1 atom stereocenters. The Morgan fingerprint density at radius 2 is 1.70 bits per heavy atom. The van der Waals surface area contributed by atoms with Crippen molar-refractivity contribution in [3.63, 3.8) is 0 Å². The van der Waals surface area contributed by atoms with Gasteiger partial charge in [0.1, 0.15) is 5.75 Å². The van der Waals surface area contributed by atoms with Crippen molar-refractivity contribution >= 4 is 5.91 Å². The van der Waals surface area contributed by atoms with Crippen molar-refractivity contribution in [2.75, 3.05) is 26.2 Å². The fourth-order valence-electron chi connectivity index (χ4n) is 6.44. The van der Waals surface area contributed by atoms with E-state index in [0.717, 1.165) is 50.2 Å². The summed E-state index contributed by atoms with van der Waals surface area (Å²) in [7, 11) is 0. The van der Waals surface area contributed by atoms with Crippen LogP contribution in [0.4, 0.5) is 0 Å². The third kappa shape index (κ3) is 4.25. The van der Waals surface area contributed by atoms with Gasteiger partial charge in [-0.05, 0) is 92.9 Å². The minimum atomic E-state index is -0.172. The Kier molecular flexibility index (Phi) is 6.37. The van der Waals surface area contributed by atoms with Crippen LogP contribution in [0.2, 0.25) is 0 Å². The van der Waals surface area contributed by atoms with Gasteiger partial charge in [-0.3, -0.25) is 4.79 Å². The molecule has 33 heavy (non-hydrogen) atoms. The van der Waals surface area contributed by atoms with Gasteiger partial charge >= 0.3 is 0 Å². The van der Waals surface area contributed by atoms with E-state index in [0.29, 0.717) is 24.0 Å². The van der Waals surface area contributed by atoms with Crippen LogP contribution in [0.3, 0.4) is 0 Å². The molecule has 5 rings (SSSR count). The summed E-state index contributed by atoms with van der Waals surface area (Å²) >= 11 is 0. The van der Waals surface area contributed by atoms with E-state index in [1.807, 2.05) is 24.3 Å². The molecule has 2 heterocycles. The number of piperidine rings is 1. The lowest BCUT2D eigenvalue weighted by Gasteiger charge is -2.47. The van der Waals surface area contributed by atoms with Crippen LogP contribution in [-0.4, -0.2) is 37.0 Å². The van der Waals surface area contributed by atoms with Crippen LogP contribution in [-0.2, 0) is 5.54 Å². The van der Waals surface area contributed by atoms with E-state index < -0.39 is 0 Å². The minimum absolute atomic E-state index is 0.125. The lowest BCUT2D eigenvalue weighted by molar-refractivity contribution is 0.0576. The highest BCUT2D eigenvalue weighted by atomic mass is 16.5. The zero-order chi connectivity index (χ0) is 22.7. The zero-order valence-corrected chi connectivity index (χ0v) is 19.3. The summed E-state index contributed by atoms with van der Waals surface area (Å²) in [5.41, 5.74) is 2.64. The predicted molar refractivity (Wildman–Crippen MR) is 128 cm³/mol. The first-order chi connectivity index (χ1) is 16.2. The number of carbonyl (C=O) groups is 1. The van der Waals surface area contributed by atoms with Gasteiger partial charge in [0.2, 0.25) is 0 Å². The maximum Gasteiger partial charge on any atom is 0.252 e. The topological polar surface area (TPSA) is 65.4 Å². The summed E-state index contributed by atoms with van der Waals surface area (Å²) in [4.78, 5) is 15.5. The third-order valence-electron chi connectivity index (χ3n) is 8.04. The molecule has 2 aliphatic heterocycles. The number of nitrogens with one attached hydrogen (secondary N) is 1. The number of fused-ring (bicyclic) bond motifs is 1. The standard InChI is InChI=1S/C28H33N3O2/c29-20-21-10-12-24(13-11-21)33-19-5-16-31-17-14-23(15-18-31)28(22-6-1-2-7-22)26-9-4-3-8-25(26)27(32)30-28/h3-4,8-13,22-23H,1-2,5-7,14-19H2,(H,30,32). The fourth-order valence-corrected chi connectivity index (χ4v) is 6.44. The second-order valence-corrected chi connectivity index (χ2v) is 9.80. The van der Waals surface area contributed by atoms with E-state index >= 15 is 0 Å². The molecule has 2 aromatic carbocycles. The highest BCUT2D eigenvalue weighted by Crippen LogP contribution is 2.51. The molecule has 1 saturated heterocycles. The summed E-state index contributed by atoms with van der Waals surface area (Å²) in [6, 6.07) is 17.7. The smallest absolute Gasteiger partial charge is 0.252 e. The Bertz CT molecular complexity index is 1010. The van der Waals surface area contributed by atoms with E-state index in [1.54, 1.807) is 12.1 Å². The molecule has 1 amide bonds. The molecular formula is C28H33N3O2. The van der Waals surface area contributed by atoms with Crippen molar-refractivity contribution in [2.24, 2.45) is 11.8 Å². The quantitative estimate of drug-likeness (QED) is 0.620. The van der Waals surface area contributed by atoms with Crippen LogP contribution >= 0.6 is 0 Å². The Balaban J connectivity index is 1.18. The van der Waals surface area contributed by atoms with Gasteiger partial charge in [0.15, 0.2) is 0 Å².